The molecular formula is C14H17BrN2. The van der Waals surface area contributed by atoms with Crippen LogP contribution < -0.4 is 0 Å². The first-order chi connectivity index (χ1) is 7.91. The highest BCUT2D eigenvalue weighted by atomic mass is 79.9. The monoisotopic (exact) mass is 292 g/mol. The maximum atomic E-state index is 4.50. The maximum Gasteiger partial charge on any atom is 0.0729 e. The highest BCUT2D eigenvalue weighted by molar-refractivity contribution is 9.10. The lowest BCUT2D eigenvalue weighted by atomic mass is 10.0. The van der Waals surface area contributed by atoms with E-state index in [1.807, 2.05) is 12.3 Å². The fourth-order valence-electron chi connectivity index (χ4n) is 1.92. The van der Waals surface area contributed by atoms with E-state index in [1.165, 1.54) is 16.8 Å². The summed E-state index contributed by atoms with van der Waals surface area (Å²) in [7, 11) is 0. The van der Waals surface area contributed by atoms with E-state index in [4.69, 9.17) is 0 Å². The number of nitrogens with zero attached hydrogens (tertiary/aromatic N) is 2. The molecule has 1 aromatic carbocycles. The van der Waals surface area contributed by atoms with Gasteiger partial charge in [-0.3, -0.25) is 4.68 Å². The molecule has 2 rings (SSSR count). The van der Waals surface area contributed by atoms with Gasteiger partial charge in [0.15, 0.2) is 0 Å². The van der Waals surface area contributed by atoms with E-state index >= 15 is 0 Å². The minimum Gasteiger partial charge on any atom is -0.259 e. The van der Waals surface area contributed by atoms with Crippen LogP contribution in [-0.2, 0) is 5.54 Å². The van der Waals surface area contributed by atoms with Gasteiger partial charge in [0.1, 0.15) is 0 Å². The molecule has 0 aliphatic carbocycles. The third-order valence-electron chi connectivity index (χ3n) is 2.72. The van der Waals surface area contributed by atoms with Gasteiger partial charge in [-0.05, 0) is 39.3 Å². The molecule has 0 saturated heterocycles. The zero-order valence-electron chi connectivity index (χ0n) is 10.7. The molecule has 0 saturated carbocycles. The lowest BCUT2D eigenvalue weighted by molar-refractivity contribution is 0.360. The molecule has 0 radical (unpaired) electrons. The molecule has 0 atom stereocenters. The van der Waals surface area contributed by atoms with Crippen molar-refractivity contribution < 1.29 is 0 Å². The Labute approximate surface area is 111 Å². The van der Waals surface area contributed by atoms with Crippen molar-refractivity contribution >= 4 is 15.9 Å². The fraction of sp³-hybridized carbons (Fsp3) is 0.357. The van der Waals surface area contributed by atoms with E-state index in [1.54, 1.807) is 0 Å². The Bertz CT molecular complexity index is 535. The molecule has 1 heterocycles. The van der Waals surface area contributed by atoms with Crippen molar-refractivity contribution in [3.8, 4) is 11.3 Å². The van der Waals surface area contributed by atoms with Crippen LogP contribution in [0.3, 0.4) is 0 Å². The molecule has 0 bridgehead atoms. The van der Waals surface area contributed by atoms with Crippen molar-refractivity contribution in [3.63, 3.8) is 0 Å². The average molecular weight is 293 g/mol. The van der Waals surface area contributed by atoms with E-state index in [-0.39, 0.29) is 5.54 Å². The Hall–Kier alpha value is -1.09. The molecule has 0 fully saturated rings. The SMILES string of the molecule is Cc1cnn(C(C)(C)C)c1-c1ccccc1Br. The summed E-state index contributed by atoms with van der Waals surface area (Å²) in [6.07, 6.45) is 1.93. The fourth-order valence-corrected chi connectivity index (χ4v) is 2.39. The first-order valence-corrected chi connectivity index (χ1v) is 6.50. The number of halogens is 1. The third kappa shape index (κ3) is 2.29. The van der Waals surface area contributed by atoms with E-state index in [0.717, 1.165) is 4.47 Å². The molecule has 3 heteroatoms. The van der Waals surface area contributed by atoms with Gasteiger partial charge in [-0.2, -0.15) is 5.10 Å². The summed E-state index contributed by atoms with van der Waals surface area (Å²) in [6.45, 7) is 8.60. The Morgan fingerprint density at radius 2 is 1.82 bits per heavy atom. The molecule has 0 aliphatic heterocycles. The number of aryl methyl sites for hydroxylation is 1. The lowest BCUT2D eigenvalue weighted by Crippen LogP contribution is -2.24. The largest absolute Gasteiger partial charge is 0.259 e. The van der Waals surface area contributed by atoms with Crippen LogP contribution in [-0.4, -0.2) is 9.78 Å². The Kier molecular flexibility index (Phi) is 3.13. The quantitative estimate of drug-likeness (QED) is 0.763. The molecule has 0 aliphatic rings. The van der Waals surface area contributed by atoms with Gasteiger partial charge < -0.3 is 0 Å². The predicted octanol–water partition coefficient (Wildman–Crippen LogP) is 4.38. The van der Waals surface area contributed by atoms with Gasteiger partial charge in [0.25, 0.3) is 0 Å². The van der Waals surface area contributed by atoms with Crippen molar-refractivity contribution in [1.29, 1.82) is 0 Å². The predicted molar refractivity (Wildman–Crippen MR) is 75.1 cm³/mol. The normalized spacial score (nSPS) is 11.8. The minimum atomic E-state index is -0.0150. The van der Waals surface area contributed by atoms with E-state index in [2.05, 4.69) is 71.6 Å². The maximum absolute atomic E-state index is 4.50. The summed E-state index contributed by atoms with van der Waals surface area (Å²) < 4.78 is 3.19. The molecule has 0 spiro atoms. The summed E-state index contributed by atoms with van der Waals surface area (Å²) in [4.78, 5) is 0. The Morgan fingerprint density at radius 3 is 2.41 bits per heavy atom. The zero-order valence-corrected chi connectivity index (χ0v) is 12.2. The summed E-state index contributed by atoms with van der Waals surface area (Å²) in [5.74, 6) is 0. The number of aromatic nitrogens is 2. The van der Waals surface area contributed by atoms with Crippen LogP contribution in [0.5, 0.6) is 0 Å². The standard InChI is InChI=1S/C14H17BrN2/c1-10-9-16-17(14(2,3)4)13(10)11-7-5-6-8-12(11)15/h5-9H,1-4H3. The highest BCUT2D eigenvalue weighted by Gasteiger charge is 2.21. The van der Waals surface area contributed by atoms with Gasteiger partial charge >= 0.3 is 0 Å². The zero-order chi connectivity index (χ0) is 12.6. The molecule has 0 amide bonds. The van der Waals surface area contributed by atoms with Crippen molar-refractivity contribution in [1.82, 2.24) is 9.78 Å². The molecule has 1 aromatic heterocycles. The van der Waals surface area contributed by atoms with E-state index < -0.39 is 0 Å². The molecule has 17 heavy (non-hydrogen) atoms. The number of benzene rings is 1. The second-order valence-corrected chi connectivity index (χ2v) is 6.09. The van der Waals surface area contributed by atoms with Crippen LogP contribution in [0, 0.1) is 6.92 Å². The second-order valence-electron chi connectivity index (χ2n) is 5.24. The van der Waals surface area contributed by atoms with Gasteiger partial charge in [0.05, 0.1) is 17.4 Å². The lowest BCUT2D eigenvalue weighted by Gasteiger charge is -2.23. The van der Waals surface area contributed by atoms with Gasteiger partial charge in [-0.1, -0.05) is 34.1 Å². The number of rotatable bonds is 1. The highest BCUT2D eigenvalue weighted by Crippen LogP contribution is 2.33. The number of hydrogen-bond acceptors (Lipinski definition) is 1. The first-order valence-electron chi connectivity index (χ1n) is 5.71. The molecule has 2 nitrogen and oxygen atoms in total. The van der Waals surface area contributed by atoms with Crippen molar-refractivity contribution in [2.45, 2.75) is 33.2 Å². The van der Waals surface area contributed by atoms with Crippen LogP contribution in [0.1, 0.15) is 26.3 Å². The first kappa shape index (κ1) is 12.4. The topological polar surface area (TPSA) is 17.8 Å². The summed E-state index contributed by atoms with van der Waals surface area (Å²) in [6, 6.07) is 8.27. The van der Waals surface area contributed by atoms with Crippen LogP contribution in [0.25, 0.3) is 11.3 Å². The van der Waals surface area contributed by atoms with Crippen molar-refractivity contribution in [2.75, 3.05) is 0 Å². The van der Waals surface area contributed by atoms with Crippen LogP contribution in [0.15, 0.2) is 34.9 Å². The van der Waals surface area contributed by atoms with Gasteiger partial charge in [0, 0.05) is 10.0 Å². The van der Waals surface area contributed by atoms with Crippen molar-refractivity contribution in [2.24, 2.45) is 0 Å². The second kappa shape index (κ2) is 4.30. The van der Waals surface area contributed by atoms with Gasteiger partial charge in [0.2, 0.25) is 0 Å². The molecular weight excluding hydrogens is 276 g/mol. The summed E-state index contributed by atoms with van der Waals surface area (Å²) in [5, 5.41) is 4.50. The molecule has 0 N–H and O–H groups in total. The minimum absolute atomic E-state index is 0.0150. The van der Waals surface area contributed by atoms with Crippen LogP contribution in [0.4, 0.5) is 0 Å². The molecule has 2 aromatic rings. The molecule has 0 unspecified atom stereocenters. The Morgan fingerprint density at radius 1 is 1.18 bits per heavy atom. The Balaban J connectivity index is 2.68. The molecule has 90 valence electrons. The van der Waals surface area contributed by atoms with Gasteiger partial charge in [-0.25, -0.2) is 0 Å². The van der Waals surface area contributed by atoms with E-state index in [0.29, 0.717) is 0 Å². The number of hydrogen-bond donors (Lipinski definition) is 0. The van der Waals surface area contributed by atoms with Crippen molar-refractivity contribution in [3.05, 3.63) is 40.5 Å². The summed E-state index contributed by atoms with van der Waals surface area (Å²) in [5.41, 5.74) is 3.56. The smallest absolute Gasteiger partial charge is 0.0729 e. The summed E-state index contributed by atoms with van der Waals surface area (Å²) >= 11 is 3.61. The van der Waals surface area contributed by atoms with Crippen LogP contribution in [0.2, 0.25) is 0 Å². The third-order valence-corrected chi connectivity index (χ3v) is 3.41. The van der Waals surface area contributed by atoms with E-state index in [9.17, 15) is 0 Å². The van der Waals surface area contributed by atoms with Crippen LogP contribution >= 0.6 is 15.9 Å². The average Bonchev–Trinajstić information content (AvgIpc) is 2.60. The van der Waals surface area contributed by atoms with Gasteiger partial charge in [-0.15, -0.1) is 0 Å².